The van der Waals surface area contributed by atoms with Crippen LogP contribution in [0.15, 0.2) is 72.9 Å². The first-order valence-corrected chi connectivity index (χ1v) is 8.22. The lowest BCUT2D eigenvalue weighted by molar-refractivity contribution is 1.18. The van der Waals surface area contributed by atoms with Crippen LogP contribution < -0.4 is 5.32 Å². The van der Waals surface area contributed by atoms with Crippen LogP contribution in [0.2, 0.25) is 10.0 Å². The minimum absolute atomic E-state index is 0.610. The maximum atomic E-state index is 6.40. The number of halogens is 2. The summed E-state index contributed by atoms with van der Waals surface area (Å²) in [5.74, 6) is 0.848. The predicted molar refractivity (Wildman–Crippen MR) is 100 cm³/mol. The highest BCUT2D eigenvalue weighted by molar-refractivity contribution is 6.35. The van der Waals surface area contributed by atoms with Crippen molar-refractivity contribution >= 4 is 40.4 Å². The average molecular weight is 354 g/mol. The van der Waals surface area contributed by atoms with E-state index < -0.39 is 0 Å². The lowest BCUT2D eigenvalue weighted by atomic mass is 10.1. The zero-order valence-corrected chi connectivity index (χ0v) is 14.1. The van der Waals surface area contributed by atoms with Crippen LogP contribution in [-0.2, 0) is 0 Å². The van der Waals surface area contributed by atoms with Crippen LogP contribution in [0, 0.1) is 0 Å². The smallest absolute Gasteiger partial charge is 0.143 e. The highest BCUT2D eigenvalue weighted by Crippen LogP contribution is 2.36. The summed E-state index contributed by atoms with van der Waals surface area (Å²) in [6.07, 6.45) is 1.97. The Morgan fingerprint density at radius 2 is 1.67 bits per heavy atom. The number of rotatable bonds is 3. The number of hydrogen-bond acceptors (Lipinski definition) is 2. The minimum atomic E-state index is 0.610. The second-order valence-corrected chi connectivity index (χ2v) is 6.20. The van der Waals surface area contributed by atoms with Gasteiger partial charge in [0.1, 0.15) is 17.2 Å². The molecule has 0 saturated carbocycles. The number of fused-ring (bicyclic) bond motifs is 1. The van der Waals surface area contributed by atoms with E-state index in [0.29, 0.717) is 10.0 Å². The van der Waals surface area contributed by atoms with Crippen molar-refractivity contribution in [3.63, 3.8) is 0 Å². The van der Waals surface area contributed by atoms with Crippen LogP contribution in [0.1, 0.15) is 0 Å². The van der Waals surface area contributed by atoms with E-state index >= 15 is 0 Å². The molecule has 0 atom stereocenters. The number of pyridine rings is 1. The summed E-state index contributed by atoms with van der Waals surface area (Å²) in [7, 11) is 0. The third kappa shape index (κ3) is 2.73. The summed E-state index contributed by atoms with van der Waals surface area (Å²) in [6.45, 7) is 0. The Bertz CT molecular complexity index is 1010. The number of nitrogens with zero attached hydrogens (tertiary/aromatic N) is 2. The molecule has 2 aromatic carbocycles. The molecule has 0 radical (unpaired) electrons. The Kier molecular flexibility index (Phi) is 3.89. The molecule has 4 aromatic rings. The fraction of sp³-hybridized carbons (Fsp3) is 0. The van der Waals surface area contributed by atoms with Gasteiger partial charge in [-0.15, -0.1) is 0 Å². The Balaban J connectivity index is 1.95. The topological polar surface area (TPSA) is 29.3 Å². The van der Waals surface area contributed by atoms with Gasteiger partial charge >= 0.3 is 0 Å². The Hall–Kier alpha value is -2.49. The second-order valence-electron chi connectivity index (χ2n) is 5.35. The van der Waals surface area contributed by atoms with Crippen molar-refractivity contribution in [1.29, 1.82) is 0 Å². The SMILES string of the molecule is Clc1ccc(Cl)c(-c2nc3ccccn3c2Nc2ccccc2)c1. The van der Waals surface area contributed by atoms with Crippen LogP contribution in [0.3, 0.4) is 0 Å². The van der Waals surface area contributed by atoms with Gasteiger partial charge in [0.2, 0.25) is 0 Å². The fourth-order valence-electron chi connectivity index (χ4n) is 2.64. The van der Waals surface area contributed by atoms with E-state index in [1.165, 1.54) is 0 Å². The summed E-state index contributed by atoms with van der Waals surface area (Å²) in [5, 5.41) is 4.67. The molecular formula is C19H13Cl2N3. The Morgan fingerprint density at radius 1 is 0.875 bits per heavy atom. The summed E-state index contributed by atoms with van der Waals surface area (Å²) in [6, 6.07) is 21.2. The molecular weight excluding hydrogens is 341 g/mol. The molecule has 0 unspecified atom stereocenters. The zero-order chi connectivity index (χ0) is 16.5. The van der Waals surface area contributed by atoms with Crippen molar-refractivity contribution in [2.45, 2.75) is 0 Å². The molecule has 2 aromatic heterocycles. The number of hydrogen-bond donors (Lipinski definition) is 1. The molecule has 1 N–H and O–H groups in total. The molecule has 0 aliphatic heterocycles. The fourth-order valence-corrected chi connectivity index (χ4v) is 3.02. The molecule has 0 aliphatic carbocycles. The van der Waals surface area contributed by atoms with E-state index in [1.54, 1.807) is 12.1 Å². The number of benzene rings is 2. The minimum Gasteiger partial charge on any atom is -0.339 e. The number of nitrogens with one attached hydrogen (secondary N) is 1. The first kappa shape index (κ1) is 15.1. The van der Waals surface area contributed by atoms with Gasteiger partial charge in [0.05, 0.1) is 5.02 Å². The molecule has 0 fully saturated rings. The average Bonchev–Trinajstić information content (AvgIpc) is 2.96. The maximum absolute atomic E-state index is 6.40. The van der Waals surface area contributed by atoms with E-state index in [4.69, 9.17) is 28.2 Å². The predicted octanol–water partition coefficient (Wildman–Crippen LogP) is 6.05. The lowest BCUT2D eigenvalue weighted by Gasteiger charge is -2.10. The molecule has 118 valence electrons. The summed E-state index contributed by atoms with van der Waals surface area (Å²) >= 11 is 12.6. The van der Waals surface area contributed by atoms with Crippen molar-refractivity contribution in [1.82, 2.24) is 9.38 Å². The quantitative estimate of drug-likeness (QED) is 0.485. The van der Waals surface area contributed by atoms with Crippen LogP contribution >= 0.6 is 23.2 Å². The molecule has 0 bridgehead atoms. The van der Waals surface area contributed by atoms with Crippen molar-refractivity contribution in [2.24, 2.45) is 0 Å². The van der Waals surface area contributed by atoms with E-state index in [0.717, 1.165) is 28.4 Å². The van der Waals surface area contributed by atoms with Crippen molar-refractivity contribution in [3.05, 3.63) is 83.0 Å². The third-order valence-electron chi connectivity index (χ3n) is 3.75. The normalized spacial score (nSPS) is 10.9. The third-order valence-corrected chi connectivity index (χ3v) is 4.31. The van der Waals surface area contributed by atoms with Crippen molar-refractivity contribution < 1.29 is 0 Å². The summed E-state index contributed by atoms with van der Waals surface area (Å²) < 4.78 is 2.00. The number of aromatic nitrogens is 2. The molecule has 3 nitrogen and oxygen atoms in total. The van der Waals surface area contributed by atoms with E-state index in [-0.39, 0.29) is 0 Å². The van der Waals surface area contributed by atoms with Gasteiger partial charge in [0, 0.05) is 22.5 Å². The molecule has 5 heteroatoms. The van der Waals surface area contributed by atoms with E-state index in [2.05, 4.69) is 5.32 Å². The molecule has 0 aliphatic rings. The van der Waals surface area contributed by atoms with Gasteiger partial charge < -0.3 is 5.32 Å². The maximum Gasteiger partial charge on any atom is 0.143 e. The standard InChI is InChI=1S/C19H13Cl2N3/c20-13-9-10-16(21)15(12-13)18-19(22-14-6-2-1-3-7-14)24-11-5-4-8-17(24)23-18/h1-12,22H. The Labute approximate surface area is 149 Å². The first-order chi connectivity index (χ1) is 11.7. The van der Waals surface area contributed by atoms with Gasteiger partial charge in [-0.2, -0.15) is 0 Å². The van der Waals surface area contributed by atoms with E-state index in [9.17, 15) is 0 Å². The number of imidazole rings is 1. The zero-order valence-electron chi connectivity index (χ0n) is 12.6. The van der Waals surface area contributed by atoms with Crippen LogP contribution in [-0.4, -0.2) is 9.38 Å². The molecule has 24 heavy (non-hydrogen) atoms. The van der Waals surface area contributed by atoms with Crippen molar-refractivity contribution in [3.8, 4) is 11.3 Å². The highest BCUT2D eigenvalue weighted by Gasteiger charge is 2.17. The van der Waals surface area contributed by atoms with Gasteiger partial charge in [-0.25, -0.2) is 4.98 Å². The first-order valence-electron chi connectivity index (χ1n) is 7.47. The van der Waals surface area contributed by atoms with Gasteiger partial charge in [0.25, 0.3) is 0 Å². The monoisotopic (exact) mass is 353 g/mol. The number of anilines is 2. The molecule has 0 saturated heterocycles. The molecule has 0 spiro atoms. The lowest BCUT2D eigenvalue weighted by Crippen LogP contribution is -1.96. The van der Waals surface area contributed by atoms with Gasteiger partial charge in [-0.05, 0) is 42.5 Å². The molecule has 2 heterocycles. The van der Waals surface area contributed by atoms with Gasteiger partial charge in [-0.1, -0.05) is 47.5 Å². The summed E-state index contributed by atoms with van der Waals surface area (Å²) in [4.78, 5) is 4.74. The Morgan fingerprint density at radius 3 is 2.50 bits per heavy atom. The molecule has 0 amide bonds. The van der Waals surface area contributed by atoms with E-state index in [1.807, 2.05) is 65.2 Å². The van der Waals surface area contributed by atoms with Gasteiger partial charge in [-0.3, -0.25) is 4.40 Å². The second kappa shape index (κ2) is 6.19. The van der Waals surface area contributed by atoms with Crippen molar-refractivity contribution in [2.75, 3.05) is 5.32 Å². The summed E-state index contributed by atoms with van der Waals surface area (Å²) in [5.41, 5.74) is 3.37. The van der Waals surface area contributed by atoms with Gasteiger partial charge in [0.15, 0.2) is 0 Å². The highest BCUT2D eigenvalue weighted by atomic mass is 35.5. The largest absolute Gasteiger partial charge is 0.339 e. The van der Waals surface area contributed by atoms with Crippen LogP contribution in [0.25, 0.3) is 16.9 Å². The number of para-hydroxylation sites is 1. The van der Waals surface area contributed by atoms with Crippen LogP contribution in [0.4, 0.5) is 11.5 Å². The molecule has 4 rings (SSSR count). The van der Waals surface area contributed by atoms with Crippen LogP contribution in [0.5, 0.6) is 0 Å².